The molecule has 0 N–H and O–H groups in total. The molecule has 2 aromatic heterocycles. The van der Waals surface area contributed by atoms with Gasteiger partial charge < -0.3 is 4.40 Å². The number of aromatic nitrogens is 1. The molecular formula is C15H15N. The van der Waals surface area contributed by atoms with Crippen molar-refractivity contribution >= 4 is 16.4 Å². The first-order chi connectivity index (χ1) is 7.70. The van der Waals surface area contributed by atoms with Crippen LogP contribution in [0.1, 0.15) is 16.7 Å². The quantitative estimate of drug-likeness (QED) is 0.527. The Bertz CT molecular complexity index is 689. The maximum absolute atomic E-state index is 2.30. The van der Waals surface area contributed by atoms with Gasteiger partial charge in [0.05, 0.1) is 11.0 Å². The van der Waals surface area contributed by atoms with Crippen LogP contribution in [0.4, 0.5) is 0 Å². The first-order valence-electron chi connectivity index (χ1n) is 5.65. The summed E-state index contributed by atoms with van der Waals surface area (Å²) in [6.07, 6.45) is 2.17. The second kappa shape index (κ2) is 3.11. The van der Waals surface area contributed by atoms with Gasteiger partial charge in [-0.15, -0.1) is 0 Å². The molecule has 3 aromatic rings. The van der Waals surface area contributed by atoms with E-state index in [0.717, 1.165) is 0 Å². The largest absolute Gasteiger partial charge is 0.316 e. The van der Waals surface area contributed by atoms with Crippen molar-refractivity contribution in [2.45, 2.75) is 20.8 Å². The molecule has 0 saturated heterocycles. The molecule has 0 spiro atoms. The fraction of sp³-hybridized carbons (Fsp3) is 0.200. The molecular weight excluding hydrogens is 194 g/mol. The average Bonchev–Trinajstić information content (AvgIpc) is 2.69. The second-order valence-electron chi connectivity index (χ2n) is 4.48. The van der Waals surface area contributed by atoms with Crippen molar-refractivity contribution in [2.24, 2.45) is 0 Å². The Hall–Kier alpha value is -1.76. The van der Waals surface area contributed by atoms with Crippen LogP contribution in [0.25, 0.3) is 16.4 Å². The van der Waals surface area contributed by atoms with Gasteiger partial charge in [0.2, 0.25) is 0 Å². The number of aryl methyl sites for hydroxylation is 3. The second-order valence-corrected chi connectivity index (χ2v) is 4.48. The number of para-hydroxylation sites is 1. The van der Waals surface area contributed by atoms with Gasteiger partial charge >= 0.3 is 0 Å². The molecule has 1 nitrogen and oxygen atoms in total. The SMILES string of the molecule is Cc1c(C)c2c(C)ccn2c2ccccc12. The van der Waals surface area contributed by atoms with Crippen LogP contribution in [0.3, 0.4) is 0 Å². The van der Waals surface area contributed by atoms with Crippen molar-refractivity contribution in [1.29, 1.82) is 0 Å². The zero-order chi connectivity index (χ0) is 11.3. The minimum Gasteiger partial charge on any atom is -0.316 e. The molecule has 16 heavy (non-hydrogen) atoms. The highest BCUT2D eigenvalue weighted by Crippen LogP contribution is 2.27. The van der Waals surface area contributed by atoms with E-state index in [2.05, 4.69) is 61.7 Å². The van der Waals surface area contributed by atoms with E-state index in [-0.39, 0.29) is 0 Å². The average molecular weight is 209 g/mol. The molecule has 0 amide bonds. The lowest BCUT2D eigenvalue weighted by atomic mass is 10.0. The van der Waals surface area contributed by atoms with Gasteiger partial charge in [-0.25, -0.2) is 0 Å². The molecule has 2 heterocycles. The number of rotatable bonds is 0. The van der Waals surface area contributed by atoms with Crippen LogP contribution in [0.5, 0.6) is 0 Å². The van der Waals surface area contributed by atoms with E-state index in [0.29, 0.717) is 0 Å². The number of benzene rings is 1. The van der Waals surface area contributed by atoms with Crippen molar-refractivity contribution in [2.75, 3.05) is 0 Å². The zero-order valence-corrected chi connectivity index (χ0v) is 9.91. The summed E-state index contributed by atoms with van der Waals surface area (Å²) in [7, 11) is 0. The summed E-state index contributed by atoms with van der Waals surface area (Å²) >= 11 is 0. The summed E-state index contributed by atoms with van der Waals surface area (Å²) in [6.45, 7) is 6.60. The lowest BCUT2D eigenvalue weighted by Gasteiger charge is -2.11. The fourth-order valence-electron chi connectivity index (χ4n) is 2.59. The predicted octanol–water partition coefficient (Wildman–Crippen LogP) is 4.02. The summed E-state index contributed by atoms with van der Waals surface area (Å²) in [5.41, 5.74) is 6.79. The molecule has 0 fully saturated rings. The molecule has 0 bridgehead atoms. The van der Waals surface area contributed by atoms with Crippen LogP contribution < -0.4 is 0 Å². The van der Waals surface area contributed by atoms with E-state index in [9.17, 15) is 0 Å². The smallest absolute Gasteiger partial charge is 0.0530 e. The molecule has 0 saturated carbocycles. The Morgan fingerprint density at radius 3 is 2.44 bits per heavy atom. The number of pyridine rings is 1. The van der Waals surface area contributed by atoms with Gasteiger partial charge in [-0.2, -0.15) is 0 Å². The third-order valence-electron chi connectivity index (χ3n) is 3.57. The highest BCUT2D eigenvalue weighted by Gasteiger charge is 2.09. The Labute approximate surface area is 95.3 Å². The number of nitrogens with zero attached hydrogens (tertiary/aromatic N) is 1. The molecule has 0 unspecified atom stereocenters. The first-order valence-corrected chi connectivity index (χ1v) is 5.65. The number of hydrogen-bond acceptors (Lipinski definition) is 0. The lowest BCUT2D eigenvalue weighted by Crippen LogP contribution is -1.94. The number of hydrogen-bond donors (Lipinski definition) is 0. The molecule has 1 heteroatoms. The molecule has 0 aliphatic rings. The Morgan fingerprint density at radius 1 is 0.875 bits per heavy atom. The van der Waals surface area contributed by atoms with E-state index in [1.807, 2.05) is 0 Å². The normalized spacial score (nSPS) is 11.4. The molecule has 0 atom stereocenters. The van der Waals surface area contributed by atoms with E-state index >= 15 is 0 Å². The van der Waals surface area contributed by atoms with E-state index < -0.39 is 0 Å². The van der Waals surface area contributed by atoms with Crippen LogP contribution in [-0.4, -0.2) is 4.40 Å². The Morgan fingerprint density at radius 2 is 1.62 bits per heavy atom. The van der Waals surface area contributed by atoms with Crippen LogP contribution >= 0.6 is 0 Å². The standard InChI is InChI=1S/C15H15N/c1-10-8-9-16-14-7-5-4-6-13(14)11(2)12(3)15(10)16/h4-9H,1-3H3. The predicted molar refractivity (Wildman–Crippen MR) is 69.1 cm³/mol. The fourth-order valence-corrected chi connectivity index (χ4v) is 2.59. The molecule has 0 radical (unpaired) electrons. The molecule has 1 aromatic carbocycles. The molecule has 0 aliphatic heterocycles. The Balaban J connectivity index is 2.70. The highest BCUT2D eigenvalue weighted by atomic mass is 14.9. The lowest BCUT2D eigenvalue weighted by molar-refractivity contribution is 1.22. The topological polar surface area (TPSA) is 4.41 Å². The van der Waals surface area contributed by atoms with E-state index in [1.54, 1.807) is 0 Å². The van der Waals surface area contributed by atoms with Crippen molar-refractivity contribution in [3.63, 3.8) is 0 Å². The summed E-state index contributed by atoms with van der Waals surface area (Å²) in [6, 6.07) is 10.8. The molecule has 80 valence electrons. The van der Waals surface area contributed by atoms with Gasteiger partial charge in [-0.3, -0.25) is 0 Å². The van der Waals surface area contributed by atoms with Crippen LogP contribution in [0.2, 0.25) is 0 Å². The van der Waals surface area contributed by atoms with Gasteiger partial charge in [0.1, 0.15) is 0 Å². The zero-order valence-electron chi connectivity index (χ0n) is 9.91. The van der Waals surface area contributed by atoms with Gasteiger partial charge in [-0.1, -0.05) is 18.2 Å². The van der Waals surface area contributed by atoms with Crippen LogP contribution in [0, 0.1) is 20.8 Å². The van der Waals surface area contributed by atoms with Crippen molar-refractivity contribution in [3.05, 3.63) is 53.2 Å². The highest BCUT2D eigenvalue weighted by molar-refractivity contribution is 5.89. The van der Waals surface area contributed by atoms with Gasteiger partial charge in [0, 0.05) is 11.6 Å². The molecule has 0 aliphatic carbocycles. The molecule has 3 rings (SSSR count). The summed E-state index contributed by atoms with van der Waals surface area (Å²) in [5.74, 6) is 0. The maximum Gasteiger partial charge on any atom is 0.0530 e. The third-order valence-corrected chi connectivity index (χ3v) is 3.57. The summed E-state index contributed by atoms with van der Waals surface area (Å²) in [5, 5.41) is 1.35. The van der Waals surface area contributed by atoms with Crippen molar-refractivity contribution in [1.82, 2.24) is 4.40 Å². The number of fused-ring (bicyclic) bond motifs is 3. The van der Waals surface area contributed by atoms with Gasteiger partial charge in [-0.05, 0) is 49.6 Å². The minimum absolute atomic E-state index is 1.30. The van der Waals surface area contributed by atoms with E-state index in [4.69, 9.17) is 0 Å². The van der Waals surface area contributed by atoms with Crippen molar-refractivity contribution < 1.29 is 0 Å². The Kier molecular flexibility index (Phi) is 1.84. The minimum atomic E-state index is 1.30. The maximum atomic E-state index is 2.30. The third kappa shape index (κ3) is 1.06. The van der Waals surface area contributed by atoms with Gasteiger partial charge in [0.25, 0.3) is 0 Å². The van der Waals surface area contributed by atoms with Crippen LogP contribution in [0.15, 0.2) is 36.5 Å². The summed E-state index contributed by atoms with van der Waals surface area (Å²) in [4.78, 5) is 0. The van der Waals surface area contributed by atoms with Gasteiger partial charge in [0.15, 0.2) is 0 Å². The van der Waals surface area contributed by atoms with Crippen molar-refractivity contribution in [3.8, 4) is 0 Å². The summed E-state index contributed by atoms with van der Waals surface area (Å²) < 4.78 is 2.30. The monoisotopic (exact) mass is 209 g/mol. The van der Waals surface area contributed by atoms with Crippen LogP contribution in [-0.2, 0) is 0 Å². The first kappa shape index (κ1) is 9.46. The van der Waals surface area contributed by atoms with E-state index in [1.165, 1.54) is 33.1 Å².